The number of unbranched alkanes of at least 4 members (excludes halogenated alkanes) is 2. The first-order chi connectivity index (χ1) is 34.0. The number of carbonyl (C=O) groups excluding carboxylic acids is 2. The number of carbonyl (C=O) groups is 5. The summed E-state index contributed by atoms with van der Waals surface area (Å²) in [6.07, 6.45) is 8.70. The Morgan fingerprint density at radius 1 is 0.789 bits per heavy atom. The largest absolute Gasteiger partial charge is 0.480 e. The summed E-state index contributed by atoms with van der Waals surface area (Å²) in [5, 5.41) is 45.0. The van der Waals surface area contributed by atoms with Gasteiger partial charge in [0.05, 0.1) is 70.9 Å². The fraction of sp³-hybridized carbons (Fsp3) is 0.472. The summed E-state index contributed by atoms with van der Waals surface area (Å²) in [6.45, 7) is 4.87. The number of aliphatic hydroxyl groups excluding tert-OH is 1. The van der Waals surface area contributed by atoms with Gasteiger partial charge in [-0.05, 0) is 73.7 Å². The van der Waals surface area contributed by atoms with E-state index in [0.717, 1.165) is 78.2 Å². The summed E-state index contributed by atoms with van der Waals surface area (Å²) in [5.41, 5.74) is 4.79. The first-order valence-electron chi connectivity index (χ1n) is 24.6. The van der Waals surface area contributed by atoms with Crippen LogP contribution >= 0.6 is 0 Å². The van der Waals surface area contributed by atoms with Gasteiger partial charge in [-0.1, -0.05) is 43.3 Å². The van der Waals surface area contributed by atoms with Gasteiger partial charge in [0.2, 0.25) is 17.3 Å². The highest BCUT2D eigenvalue weighted by Crippen LogP contribution is 2.38. The lowest BCUT2D eigenvalue weighted by Gasteiger charge is -2.33. The lowest BCUT2D eigenvalue weighted by molar-refractivity contribution is -0.892. The number of carboxylic acid groups (broad SMARTS) is 3. The van der Waals surface area contributed by atoms with E-state index in [1.54, 1.807) is 26.8 Å². The molecule has 0 saturated heterocycles. The highest BCUT2D eigenvalue weighted by atomic mass is 16.5. The van der Waals surface area contributed by atoms with E-state index >= 15 is 0 Å². The number of rotatable bonds is 33. The van der Waals surface area contributed by atoms with Gasteiger partial charge in [-0.25, -0.2) is 0 Å². The molecule has 6 N–H and O–H groups in total. The topological polar surface area (TPSA) is 216 Å². The number of aromatic nitrogens is 1. The molecule has 0 fully saturated rings. The highest BCUT2D eigenvalue weighted by molar-refractivity contribution is 5.90. The molecule has 384 valence electrons. The predicted molar refractivity (Wildman–Crippen MR) is 273 cm³/mol. The summed E-state index contributed by atoms with van der Waals surface area (Å²) >= 11 is 0. The smallest absolute Gasteiger partial charge is 0.317 e. The second kappa shape index (κ2) is 27.9. The lowest BCUT2D eigenvalue weighted by atomic mass is 10.0. The number of likely N-dealkylation sites (N-methyl/N-ethyl adjacent to an activating group) is 1. The molecular formula is C53H74N8O10+2. The molecule has 0 saturated carbocycles. The Morgan fingerprint density at radius 3 is 2.18 bits per heavy atom. The van der Waals surface area contributed by atoms with E-state index in [4.69, 9.17) is 9.84 Å². The molecule has 1 atom stereocenters. The van der Waals surface area contributed by atoms with Crippen LogP contribution in [0.3, 0.4) is 0 Å². The van der Waals surface area contributed by atoms with E-state index < -0.39 is 30.6 Å². The van der Waals surface area contributed by atoms with Crippen molar-refractivity contribution in [2.45, 2.75) is 58.0 Å². The number of ketones is 1. The molecule has 0 radical (unpaired) electrons. The number of aliphatic carboxylic acids is 3. The van der Waals surface area contributed by atoms with Gasteiger partial charge in [0.25, 0.3) is 0 Å². The fourth-order valence-electron chi connectivity index (χ4n) is 8.91. The number of para-hydroxylation sites is 3. The summed E-state index contributed by atoms with van der Waals surface area (Å²) in [6, 6.07) is 25.5. The number of hydrogen-bond donors (Lipinski definition) is 6. The number of benzene rings is 3. The Kier molecular flexibility index (Phi) is 21.9. The SMILES string of the molecule is CCN(CCN(CCN(CC(=O)O)C(CNCC(=O)O)Cc1ccc(NC(=O)CCCCC[N+](C)(C)CCC[n+]2ccc(C=C3Oc4ccccc4N3C)c3ccccc32)cc1)CC(=O)O)CC(=O)CO. The number of quaternary nitrogens is 1. The average Bonchev–Trinajstić information content (AvgIpc) is 3.65. The number of aryl methyl sites for hydroxylation is 1. The number of nitrogens with zero attached hydrogens (tertiary/aromatic N) is 6. The zero-order valence-corrected chi connectivity index (χ0v) is 41.8. The van der Waals surface area contributed by atoms with Crippen molar-refractivity contribution in [1.29, 1.82) is 0 Å². The van der Waals surface area contributed by atoms with Crippen LogP contribution in [-0.2, 0) is 36.9 Å². The minimum atomic E-state index is -1.09. The monoisotopic (exact) mass is 983 g/mol. The molecule has 1 aliphatic rings. The van der Waals surface area contributed by atoms with Crippen LogP contribution < -0.4 is 24.8 Å². The van der Waals surface area contributed by atoms with Crippen LogP contribution in [0.25, 0.3) is 17.0 Å². The third kappa shape index (κ3) is 18.4. The van der Waals surface area contributed by atoms with Crippen LogP contribution in [0.4, 0.5) is 11.4 Å². The minimum Gasteiger partial charge on any atom is -0.480 e. The Balaban J connectivity index is 1.07. The second-order valence-electron chi connectivity index (χ2n) is 18.9. The van der Waals surface area contributed by atoms with Gasteiger partial charge in [-0.15, -0.1) is 0 Å². The maximum Gasteiger partial charge on any atom is 0.317 e. The number of Topliss-reactive ketones (excluding diaryl/α,β-unsaturated/α-hetero) is 1. The summed E-state index contributed by atoms with van der Waals surface area (Å²) < 4.78 is 9.38. The molecule has 1 aromatic heterocycles. The number of carboxylic acids is 3. The first kappa shape index (κ1) is 55.6. The highest BCUT2D eigenvalue weighted by Gasteiger charge is 2.26. The van der Waals surface area contributed by atoms with Crippen LogP contribution in [0.1, 0.15) is 50.2 Å². The number of amides is 1. The van der Waals surface area contributed by atoms with Crippen molar-refractivity contribution in [3.63, 3.8) is 0 Å². The van der Waals surface area contributed by atoms with Crippen LogP contribution in [0.5, 0.6) is 5.75 Å². The molecule has 0 bridgehead atoms. The summed E-state index contributed by atoms with van der Waals surface area (Å²) in [5.74, 6) is -2.00. The molecule has 1 aliphatic heterocycles. The first-order valence-corrected chi connectivity index (χ1v) is 24.6. The molecule has 2 heterocycles. The molecule has 1 unspecified atom stereocenters. The van der Waals surface area contributed by atoms with Crippen LogP contribution in [0.15, 0.2) is 90.9 Å². The van der Waals surface area contributed by atoms with Crippen molar-refractivity contribution >= 4 is 58.0 Å². The standard InChI is InChI=1S/C53H72N8O10/c1-5-57(36-44(63)39-62)26-27-58(37-52(67)68)28-29-60(38-53(69)70)43(34-54-35-51(65)66)32-40-19-21-42(22-20-40)55-49(64)18-7-6-12-30-61(3,4)31-13-24-59-25-23-41(45-14-8-9-15-46(45)59)33-50-56(2)47-16-10-11-17-48(47)71-50/h8-11,14-17,19-23,25,33,43,54,62H,5-7,12-13,18,24,26-32,34-39H2,1-4H3,(H2-2,55,64,65,66,67,68,69,70)/p+2. The summed E-state index contributed by atoms with van der Waals surface area (Å²) in [4.78, 5) is 67.2. The van der Waals surface area contributed by atoms with Crippen molar-refractivity contribution in [3.05, 3.63) is 102 Å². The third-order valence-corrected chi connectivity index (χ3v) is 12.9. The molecule has 18 nitrogen and oxygen atoms in total. The van der Waals surface area contributed by atoms with Gasteiger partial charge in [-0.2, -0.15) is 4.57 Å². The molecule has 5 rings (SSSR count). The van der Waals surface area contributed by atoms with Crippen LogP contribution in [-0.4, -0.2) is 182 Å². The van der Waals surface area contributed by atoms with E-state index in [2.05, 4.69) is 82.9 Å². The molecule has 1 amide bonds. The minimum absolute atomic E-state index is 0.0279. The normalized spacial score (nSPS) is 13.5. The molecule has 0 spiro atoms. The Morgan fingerprint density at radius 2 is 1.48 bits per heavy atom. The Labute approximate surface area is 417 Å². The van der Waals surface area contributed by atoms with Crippen molar-refractivity contribution in [1.82, 2.24) is 20.0 Å². The Bertz CT molecular complexity index is 2430. The van der Waals surface area contributed by atoms with Crippen LogP contribution in [0.2, 0.25) is 0 Å². The molecule has 4 aromatic rings. The van der Waals surface area contributed by atoms with E-state index in [-0.39, 0.29) is 64.0 Å². The maximum absolute atomic E-state index is 13.0. The van der Waals surface area contributed by atoms with E-state index in [0.29, 0.717) is 31.6 Å². The van der Waals surface area contributed by atoms with Crippen molar-refractivity contribution in [3.8, 4) is 5.75 Å². The number of anilines is 2. The predicted octanol–water partition coefficient (Wildman–Crippen LogP) is 3.86. The van der Waals surface area contributed by atoms with Gasteiger partial charge in [0.1, 0.15) is 6.61 Å². The maximum atomic E-state index is 13.0. The molecule has 71 heavy (non-hydrogen) atoms. The summed E-state index contributed by atoms with van der Waals surface area (Å²) in [7, 11) is 6.54. The number of fused-ring (bicyclic) bond motifs is 2. The quantitative estimate of drug-likeness (QED) is 0.0227. The number of hydrogen-bond acceptors (Lipinski definition) is 12. The molecule has 3 aromatic carbocycles. The van der Waals surface area contributed by atoms with E-state index in [1.807, 2.05) is 44.3 Å². The average molecular weight is 983 g/mol. The molecule has 0 aliphatic carbocycles. The van der Waals surface area contributed by atoms with Gasteiger partial charge >= 0.3 is 17.9 Å². The number of ether oxygens (including phenoxy) is 1. The van der Waals surface area contributed by atoms with Gasteiger partial charge in [0, 0.05) is 76.1 Å². The zero-order valence-electron chi connectivity index (χ0n) is 41.8. The lowest BCUT2D eigenvalue weighted by Crippen LogP contribution is -2.50. The number of nitrogens with one attached hydrogen (secondary N) is 2. The number of aliphatic hydroxyl groups is 1. The van der Waals surface area contributed by atoms with E-state index in [1.165, 1.54) is 10.9 Å². The molecular weight excluding hydrogens is 909 g/mol. The number of pyridine rings is 1. The fourth-order valence-corrected chi connectivity index (χ4v) is 8.91. The van der Waals surface area contributed by atoms with Gasteiger partial charge in [-0.3, -0.25) is 38.7 Å². The second-order valence-corrected chi connectivity index (χ2v) is 18.9. The van der Waals surface area contributed by atoms with Gasteiger partial charge < -0.3 is 45.2 Å². The van der Waals surface area contributed by atoms with E-state index in [9.17, 15) is 39.3 Å². The van der Waals surface area contributed by atoms with Crippen LogP contribution in [0, 0.1) is 0 Å². The van der Waals surface area contributed by atoms with Crippen molar-refractivity contribution in [2.75, 3.05) is 117 Å². The van der Waals surface area contributed by atoms with Crippen molar-refractivity contribution in [2.24, 2.45) is 0 Å². The zero-order chi connectivity index (χ0) is 51.3. The van der Waals surface area contributed by atoms with Gasteiger partial charge in [0.15, 0.2) is 24.3 Å². The third-order valence-electron chi connectivity index (χ3n) is 12.9. The Hall–Kier alpha value is -6.28. The van der Waals surface area contributed by atoms with Crippen molar-refractivity contribution < 1.29 is 58.2 Å². The molecule has 18 heteroatoms.